The molecule has 0 aromatic heterocycles. The van der Waals surface area contributed by atoms with Gasteiger partial charge < -0.3 is 5.11 Å². The molecule has 17 heavy (non-hydrogen) atoms. The summed E-state index contributed by atoms with van der Waals surface area (Å²) in [4.78, 5) is 1.03. The normalized spacial score (nSPS) is 10.5. The van der Waals surface area contributed by atoms with Gasteiger partial charge in [-0.25, -0.2) is 4.39 Å². The van der Waals surface area contributed by atoms with Crippen molar-refractivity contribution in [2.75, 3.05) is 0 Å². The Morgan fingerprint density at radius 3 is 2.47 bits per heavy atom. The van der Waals surface area contributed by atoms with Gasteiger partial charge in [-0.05, 0) is 42.0 Å². The van der Waals surface area contributed by atoms with Gasteiger partial charge in [0.25, 0.3) is 0 Å². The number of aromatic hydroxyl groups is 1. The van der Waals surface area contributed by atoms with Gasteiger partial charge in [-0.3, -0.25) is 0 Å². The molecule has 0 aliphatic carbocycles. The Bertz CT molecular complexity index is 513. The van der Waals surface area contributed by atoms with Crippen molar-refractivity contribution in [1.82, 2.24) is 0 Å². The molecule has 0 bridgehead atoms. The molecule has 0 heterocycles. The Labute approximate surface area is 108 Å². The second-order valence-electron chi connectivity index (χ2n) is 3.53. The molecule has 4 heteroatoms. The summed E-state index contributed by atoms with van der Waals surface area (Å²) in [6.45, 7) is 0. The summed E-state index contributed by atoms with van der Waals surface area (Å²) in [7, 11) is 0. The van der Waals surface area contributed by atoms with Crippen LogP contribution in [0.3, 0.4) is 0 Å². The van der Waals surface area contributed by atoms with Crippen LogP contribution in [-0.4, -0.2) is 5.11 Å². The number of phenols is 1. The Kier molecular flexibility index (Phi) is 3.92. The van der Waals surface area contributed by atoms with Crippen molar-refractivity contribution in [1.29, 1.82) is 0 Å². The van der Waals surface area contributed by atoms with Crippen molar-refractivity contribution in [2.45, 2.75) is 10.6 Å². The van der Waals surface area contributed by atoms with E-state index in [4.69, 9.17) is 16.7 Å². The van der Waals surface area contributed by atoms with Gasteiger partial charge in [0.05, 0.1) is 5.02 Å². The second-order valence-corrected chi connectivity index (χ2v) is 4.99. The van der Waals surface area contributed by atoms with Crippen LogP contribution in [0.1, 0.15) is 5.56 Å². The molecule has 0 radical (unpaired) electrons. The van der Waals surface area contributed by atoms with Crippen molar-refractivity contribution in [2.24, 2.45) is 0 Å². The zero-order valence-electron chi connectivity index (χ0n) is 8.86. The maximum Gasteiger partial charge on any atom is 0.142 e. The molecule has 1 N–H and O–H groups in total. The third-order valence-electron chi connectivity index (χ3n) is 2.23. The van der Waals surface area contributed by atoms with Crippen LogP contribution < -0.4 is 0 Å². The van der Waals surface area contributed by atoms with E-state index in [-0.39, 0.29) is 10.8 Å². The topological polar surface area (TPSA) is 20.2 Å². The summed E-state index contributed by atoms with van der Waals surface area (Å²) in [5.74, 6) is 0.515. The van der Waals surface area contributed by atoms with E-state index in [1.165, 1.54) is 6.07 Å². The summed E-state index contributed by atoms with van der Waals surface area (Å²) in [6, 6.07) is 11.7. The van der Waals surface area contributed by atoms with Gasteiger partial charge in [-0.2, -0.15) is 0 Å². The van der Waals surface area contributed by atoms with Crippen LogP contribution in [0.25, 0.3) is 0 Å². The minimum absolute atomic E-state index is 0.142. The lowest BCUT2D eigenvalue weighted by Gasteiger charge is -2.03. The van der Waals surface area contributed by atoms with E-state index in [1.807, 2.05) is 12.1 Å². The smallest absolute Gasteiger partial charge is 0.142 e. The number of thioether (sulfide) groups is 1. The minimum atomic E-state index is -0.393. The number of hydrogen-bond donors (Lipinski definition) is 1. The van der Waals surface area contributed by atoms with Crippen LogP contribution in [0.5, 0.6) is 5.75 Å². The third-order valence-corrected chi connectivity index (χ3v) is 3.62. The Morgan fingerprint density at radius 2 is 1.82 bits per heavy atom. The monoisotopic (exact) mass is 268 g/mol. The number of rotatable bonds is 3. The van der Waals surface area contributed by atoms with Crippen LogP contribution in [0, 0.1) is 5.82 Å². The van der Waals surface area contributed by atoms with Crippen LogP contribution in [0.4, 0.5) is 4.39 Å². The lowest BCUT2D eigenvalue weighted by molar-refractivity contribution is 0.475. The van der Waals surface area contributed by atoms with Crippen molar-refractivity contribution in [3.63, 3.8) is 0 Å². The molecular formula is C13H10ClFOS. The average molecular weight is 269 g/mol. The summed E-state index contributed by atoms with van der Waals surface area (Å²) < 4.78 is 13.2. The van der Waals surface area contributed by atoms with Crippen molar-refractivity contribution in [3.8, 4) is 5.75 Å². The predicted molar refractivity (Wildman–Crippen MR) is 69.1 cm³/mol. The average Bonchev–Trinajstić information content (AvgIpc) is 2.33. The first-order valence-corrected chi connectivity index (χ1v) is 6.37. The fraction of sp³-hybridized carbons (Fsp3) is 0.0769. The molecule has 2 aromatic carbocycles. The van der Waals surface area contributed by atoms with Gasteiger partial charge in [-0.15, -0.1) is 11.8 Å². The molecular weight excluding hydrogens is 259 g/mol. The molecule has 0 saturated heterocycles. The largest absolute Gasteiger partial charge is 0.508 e. The zero-order valence-corrected chi connectivity index (χ0v) is 10.4. The molecule has 0 amide bonds. The second kappa shape index (κ2) is 5.43. The highest BCUT2D eigenvalue weighted by molar-refractivity contribution is 7.98. The molecule has 88 valence electrons. The summed E-state index contributed by atoms with van der Waals surface area (Å²) >= 11 is 7.18. The van der Waals surface area contributed by atoms with Gasteiger partial charge in [0.1, 0.15) is 11.6 Å². The summed E-state index contributed by atoms with van der Waals surface area (Å²) in [5.41, 5.74) is 0.880. The molecule has 0 unspecified atom stereocenters. The van der Waals surface area contributed by atoms with Crippen LogP contribution in [0.15, 0.2) is 47.4 Å². The van der Waals surface area contributed by atoms with E-state index >= 15 is 0 Å². The van der Waals surface area contributed by atoms with E-state index in [9.17, 15) is 4.39 Å². The number of phenolic OH excluding ortho intramolecular Hbond substituents is 1. The highest BCUT2D eigenvalue weighted by Crippen LogP contribution is 2.25. The van der Waals surface area contributed by atoms with Gasteiger partial charge >= 0.3 is 0 Å². The van der Waals surface area contributed by atoms with Crippen molar-refractivity contribution >= 4 is 23.4 Å². The molecule has 0 aliphatic heterocycles. The van der Waals surface area contributed by atoms with Gasteiger partial charge in [0, 0.05) is 10.6 Å². The number of benzene rings is 2. The molecule has 0 spiro atoms. The predicted octanol–water partition coefficient (Wildman–Crippen LogP) is 4.48. The van der Waals surface area contributed by atoms with Crippen molar-refractivity contribution in [3.05, 3.63) is 58.9 Å². The standard InChI is InChI=1S/C13H10ClFOS/c14-12-6-1-9(7-13(12)15)8-17-11-4-2-10(16)3-5-11/h1-7,16H,8H2. The highest BCUT2D eigenvalue weighted by Gasteiger charge is 2.02. The van der Waals surface area contributed by atoms with E-state index in [1.54, 1.807) is 36.0 Å². The van der Waals surface area contributed by atoms with E-state index in [0.717, 1.165) is 10.5 Å². The van der Waals surface area contributed by atoms with E-state index in [0.29, 0.717) is 5.75 Å². The van der Waals surface area contributed by atoms with Gasteiger partial charge in [0.15, 0.2) is 0 Å². The molecule has 1 nitrogen and oxygen atoms in total. The summed E-state index contributed by atoms with van der Waals surface area (Å²) in [6.07, 6.45) is 0. The Hall–Kier alpha value is -1.19. The number of hydrogen-bond acceptors (Lipinski definition) is 2. The SMILES string of the molecule is Oc1ccc(SCc2ccc(Cl)c(F)c2)cc1. The first-order valence-electron chi connectivity index (χ1n) is 5.01. The summed E-state index contributed by atoms with van der Waals surface area (Å²) in [5, 5.41) is 9.28. The number of halogens is 2. The third kappa shape index (κ3) is 3.38. The molecule has 0 fully saturated rings. The van der Waals surface area contributed by atoms with Crippen LogP contribution in [0.2, 0.25) is 5.02 Å². The fourth-order valence-electron chi connectivity index (χ4n) is 1.34. The molecule has 0 aliphatic rings. The quantitative estimate of drug-likeness (QED) is 0.829. The minimum Gasteiger partial charge on any atom is -0.508 e. The van der Waals surface area contributed by atoms with Gasteiger partial charge in [-0.1, -0.05) is 17.7 Å². The molecule has 2 rings (SSSR count). The maximum atomic E-state index is 13.2. The lowest BCUT2D eigenvalue weighted by atomic mass is 10.2. The van der Waals surface area contributed by atoms with E-state index < -0.39 is 5.82 Å². The van der Waals surface area contributed by atoms with Crippen molar-refractivity contribution < 1.29 is 9.50 Å². The van der Waals surface area contributed by atoms with Crippen LogP contribution in [-0.2, 0) is 5.75 Å². The maximum absolute atomic E-state index is 13.2. The first kappa shape index (κ1) is 12.3. The fourth-order valence-corrected chi connectivity index (χ4v) is 2.30. The Balaban J connectivity index is 2.02. The van der Waals surface area contributed by atoms with E-state index in [2.05, 4.69) is 0 Å². The lowest BCUT2D eigenvalue weighted by Crippen LogP contribution is -1.84. The molecule has 2 aromatic rings. The molecule has 0 atom stereocenters. The highest BCUT2D eigenvalue weighted by atomic mass is 35.5. The molecule has 0 saturated carbocycles. The Morgan fingerprint density at radius 1 is 1.12 bits per heavy atom. The zero-order chi connectivity index (χ0) is 12.3. The first-order chi connectivity index (χ1) is 8.15. The van der Waals surface area contributed by atoms with Gasteiger partial charge in [0.2, 0.25) is 0 Å². The van der Waals surface area contributed by atoms with Crippen LogP contribution >= 0.6 is 23.4 Å².